The van der Waals surface area contributed by atoms with Crippen LogP contribution in [-0.4, -0.2) is 43.1 Å². The predicted molar refractivity (Wildman–Crippen MR) is 78.1 cm³/mol. The molecule has 118 valence electrons. The number of halogens is 1. The molecule has 0 aliphatic rings. The SMILES string of the molecule is C[C@H](NS(=O)(=O)c1ccccc1F)C(=O)NCCS(C)=O. The Morgan fingerprint density at radius 3 is 2.57 bits per heavy atom. The fourth-order valence-corrected chi connectivity index (χ4v) is 3.15. The van der Waals surface area contributed by atoms with Gasteiger partial charge in [0.05, 0.1) is 6.04 Å². The zero-order valence-corrected chi connectivity index (χ0v) is 13.3. The van der Waals surface area contributed by atoms with Crippen molar-refractivity contribution < 1.29 is 21.8 Å². The van der Waals surface area contributed by atoms with E-state index in [9.17, 15) is 21.8 Å². The molecule has 21 heavy (non-hydrogen) atoms. The van der Waals surface area contributed by atoms with Gasteiger partial charge in [0.15, 0.2) is 0 Å². The smallest absolute Gasteiger partial charge is 0.244 e. The number of rotatable bonds is 7. The molecule has 0 spiro atoms. The second kappa shape index (κ2) is 7.62. The summed E-state index contributed by atoms with van der Waals surface area (Å²) >= 11 is 0. The summed E-state index contributed by atoms with van der Waals surface area (Å²) in [5, 5.41) is 2.45. The van der Waals surface area contributed by atoms with Crippen LogP contribution in [0, 0.1) is 5.82 Å². The first kappa shape index (κ1) is 17.7. The second-order valence-corrected chi connectivity index (χ2v) is 7.58. The highest BCUT2D eigenvalue weighted by molar-refractivity contribution is 7.89. The fourth-order valence-electron chi connectivity index (χ4n) is 1.48. The molecule has 0 aromatic heterocycles. The quantitative estimate of drug-likeness (QED) is 0.732. The first-order valence-corrected chi connectivity index (χ1v) is 9.29. The molecule has 1 unspecified atom stereocenters. The minimum absolute atomic E-state index is 0.174. The number of nitrogens with one attached hydrogen (secondary N) is 2. The molecule has 1 aromatic carbocycles. The Balaban J connectivity index is 2.69. The number of sulfonamides is 1. The standard InChI is InChI=1S/C12H17FN2O4S2/c1-9(12(16)14-7-8-20(2)17)15-21(18,19)11-6-4-3-5-10(11)13/h3-6,9,15H,7-8H2,1-2H3,(H,14,16)/t9-,20?/m0/s1. The van der Waals surface area contributed by atoms with Crippen molar-refractivity contribution in [1.29, 1.82) is 0 Å². The zero-order chi connectivity index (χ0) is 16.0. The Hall–Kier alpha value is -1.32. The predicted octanol–water partition coefficient (Wildman–Crippen LogP) is -0.0128. The van der Waals surface area contributed by atoms with Gasteiger partial charge in [-0.1, -0.05) is 12.1 Å². The minimum Gasteiger partial charge on any atom is -0.354 e. The molecule has 9 heteroatoms. The largest absolute Gasteiger partial charge is 0.354 e. The lowest BCUT2D eigenvalue weighted by molar-refractivity contribution is -0.122. The van der Waals surface area contributed by atoms with Crippen molar-refractivity contribution in [3.8, 4) is 0 Å². The van der Waals surface area contributed by atoms with E-state index in [0.29, 0.717) is 0 Å². The van der Waals surface area contributed by atoms with Gasteiger partial charge in [-0.05, 0) is 19.1 Å². The van der Waals surface area contributed by atoms with Crippen molar-refractivity contribution in [2.24, 2.45) is 0 Å². The maximum atomic E-state index is 13.5. The molecule has 6 nitrogen and oxygen atoms in total. The van der Waals surface area contributed by atoms with Crippen LogP contribution in [-0.2, 0) is 25.6 Å². The van der Waals surface area contributed by atoms with Crippen molar-refractivity contribution in [2.45, 2.75) is 17.9 Å². The Morgan fingerprint density at radius 1 is 1.38 bits per heavy atom. The van der Waals surface area contributed by atoms with E-state index < -0.39 is 43.5 Å². The highest BCUT2D eigenvalue weighted by atomic mass is 32.2. The number of hydrogen-bond donors (Lipinski definition) is 2. The van der Waals surface area contributed by atoms with Crippen molar-refractivity contribution in [3.05, 3.63) is 30.1 Å². The number of amides is 1. The third kappa shape index (κ3) is 5.52. The first-order chi connectivity index (χ1) is 9.74. The van der Waals surface area contributed by atoms with Crippen LogP contribution >= 0.6 is 0 Å². The molecular weight excluding hydrogens is 319 g/mol. The van der Waals surface area contributed by atoms with Gasteiger partial charge in [0.25, 0.3) is 0 Å². The van der Waals surface area contributed by atoms with E-state index >= 15 is 0 Å². The van der Waals surface area contributed by atoms with Crippen LogP contribution in [0.1, 0.15) is 6.92 Å². The van der Waals surface area contributed by atoms with Gasteiger partial charge in [0.1, 0.15) is 10.7 Å². The van der Waals surface area contributed by atoms with Crippen molar-refractivity contribution in [1.82, 2.24) is 10.0 Å². The highest BCUT2D eigenvalue weighted by Gasteiger charge is 2.24. The molecule has 0 saturated carbocycles. The highest BCUT2D eigenvalue weighted by Crippen LogP contribution is 2.13. The Labute approximate surface area is 125 Å². The summed E-state index contributed by atoms with van der Waals surface area (Å²) < 4.78 is 50.4. The van der Waals surface area contributed by atoms with E-state index in [1.807, 2.05) is 0 Å². The van der Waals surface area contributed by atoms with Gasteiger partial charge in [0.2, 0.25) is 15.9 Å². The number of carbonyl (C=O) groups excluding carboxylic acids is 1. The molecule has 1 rings (SSSR count). The Morgan fingerprint density at radius 2 is 2.00 bits per heavy atom. The summed E-state index contributed by atoms with van der Waals surface area (Å²) in [6, 6.07) is 3.83. The normalized spacial score (nSPS) is 14.4. The molecule has 1 aromatic rings. The summed E-state index contributed by atoms with van der Waals surface area (Å²) in [6.07, 6.45) is 1.50. The van der Waals surface area contributed by atoms with E-state index in [1.54, 1.807) is 0 Å². The van der Waals surface area contributed by atoms with E-state index in [4.69, 9.17) is 0 Å². The van der Waals surface area contributed by atoms with E-state index in [1.165, 1.54) is 25.3 Å². The summed E-state index contributed by atoms with van der Waals surface area (Å²) in [4.78, 5) is 11.2. The zero-order valence-electron chi connectivity index (χ0n) is 11.6. The van der Waals surface area contributed by atoms with Crippen molar-refractivity contribution in [3.63, 3.8) is 0 Å². The maximum absolute atomic E-state index is 13.5. The van der Waals surface area contributed by atoms with Crippen molar-refractivity contribution in [2.75, 3.05) is 18.6 Å². The van der Waals surface area contributed by atoms with Gasteiger partial charge < -0.3 is 5.32 Å². The molecule has 0 bridgehead atoms. The summed E-state index contributed by atoms with van der Waals surface area (Å²) in [5.41, 5.74) is 0. The van der Waals surface area contributed by atoms with E-state index in [0.717, 1.165) is 12.1 Å². The molecule has 0 aliphatic heterocycles. The first-order valence-electron chi connectivity index (χ1n) is 6.08. The molecule has 0 aliphatic carbocycles. The number of benzene rings is 1. The van der Waals surface area contributed by atoms with Gasteiger partial charge >= 0.3 is 0 Å². The lowest BCUT2D eigenvalue weighted by Crippen LogP contribution is -2.45. The minimum atomic E-state index is -4.12. The van der Waals surface area contributed by atoms with Crippen LogP contribution in [0.25, 0.3) is 0 Å². The molecule has 0 radical (unpaired) electrons. The Kier molecular flexibility index (Phi) is 6.43. The van der Waals surface area contributed by atoms with Gasteiger partial charge in [-0.2, -0.15) is 4.72 Å². The molecule has 2 atom stereocenters. The van der Waals surface area contributed by atoms with Crippen LogP contribution in [0.2, 0.25) is 0 Å². The van der Waals surface area contributed by atoms with Crippen molar-refractivity contribution >= 4 is 26.7 Å². The molecule has 0 saturated heterocycles. The number of carbonyl (C=O) groups is 1. The Bertz CT molecular complexity index is 634. The summed E-state index contributed by atoms with van der Waals surface area (Å²) in [6.45, 7) is 1.52. The van der Waals surface area contributed by atoms with Crippen LogP contribution in [0.4, 0.5) is 4.39 Å². The van der Waals surface area contributed by atoms with Gasteiger partial charge in [-0.25, -0.2) is 12.8 Å². The topological polar surface area (TPSA) is 92.3 Å². The summed E-state index contributed by atoms with van der Waals surface area (Å²) in [5.74, 6) is -1.18. The van der Waals surface area contributed by atoms with Gasteiger partial charge in [-0.15, -0.1) is 0 Å². The van der Waals surface area contributed by atoms with E-state index in [-0.39, 0.29) is 12.3 Å². The fraction of sp³-hybridized carbons (Fsp3) is 0.417. The molecule has 0 heterocycles. The third-order valence-corrected chi connectivity index (χ3v) is 4.89. The molecule has 0 fully saturated rings. The van der Waals surface area contributed by atoms with Crippen LogP contribution in [0.5, 0.6) is 0 Å². The molecule has 2 N–H and O–H groups in total. The maximum Gasteiger partial charge on any atom is 0.244 e. The number of hydrogen-bond acceptors (Lipinski definition) is 4. The van der Waals surface area contributed by atoms with Gasteiger partial charge in [0, 0.05) is 29.4 Å². The van der Waals surface area contributed by atoms with Gasteiger partial charge in [-0.3, -0.25) is 9.00 Å². The third-order valence-electron chi connectivity index (χ3n) is 2.54. The summed E-state index contributed by atoms with van der Waals surface area (Å²) in [7, 11) is -5.17. The van der Waals surface area contributed by atoms with Crippen LogP contribution < -0.4 is 10.0 Å². The average molecular weight is 336 g/mol. The van der Waals surface area contributed by atoms with Crippen LogP contribution in [0.15, 0.2) is 29.2 Å². The monoisotopic (exact) mass is 336 g/mol. The molecule has 1 amide bonds. The molecular formula is C12H17FN2O4S2. The van der Waals surface area contributed by atoms with Crippen LogP contribution in [0.3, 0.4) is 0 Å². The lowest BCUT2D eigenvalue weighted by atomic mass is 10.3. The lowest BCUT2D eigenvalue weighted by Gasteiger charge is -2.14. The van der Waals surface area contributed by atoms with E-state index in [2.05, 4.69) is 10.0 Å². The second-order valence-electron chi connectivity index (χ2n) is 4.34. The average Bonchev–Trinajstić information content (AvgIpc) is 2.37.